The van der Waals surface area contributed by atoms with Crippen LogP contribution in [0.2, 0.25) is 0 Å². The van der Waals surface area contributed by atoms with E-state index in [9.17, 15) is 9.90 Å². The number of unbranched alkanes of at least 4 members (excludes halogenated alkanes) is 1. The number of pyridine rings is 2. The second kappa shape index (κ2) is 15.2. The highest BCUT2D eigenvalue weighted by Gasteiger charge is 2.25. The van der Waals surface area contributed by atoms with Crippen molar-refractivity contribution in [1.29, 1.82) is 0 Å². The van der Waals surface area contributed by atoms with Gasteiger partial charge >= 0.3 is 0 Å². The maximum atomic E-state index is 12.2. The van der Waals surface area contributed by atoms with Crippen molar-refractivity contribution in [3.8, 4) is 11.4 Å². The van der Waals surface area contributed by atoms with Crippen LogP contribution >= 0.6 is 0 Å². The summed E-state index contributed by atoms with van der Waals surface area (Å²) >= 11 is 0. The van der Waals surface area contributed by atoms with E-state index in [1.54, 1.807) is 13.1 Å². The molecule has 1 saturated heterocycles. The molecule has 4 heterocycles. The summed E-state index contributed by atoms with van der Waals surface area (Å²) in [5.74, 6) is 4.97. The van der Waals surface area contributed by atoms with Crippen molar-refractivity contribution in [2.75, 3.05) is 37.6 Å². The van der Waals surface area contributed by atoms with Crippen molar-refractivity contribution in [2.24, 2.45) is 16.8 Å². The van der Waals surface area contributed by atoms with Gasteiger partial charge in [0.15, 0.2) is 11.8 Å². The second-order valence-corrected chi connectivity index (χ2v) is 13.5. The van der Waals surface area contributed by atoms with Gasteiger partial charge in [0.1, 0.15) is 11.2 Å². The number of aliphatic hydroxyl groups is 1. The highest BCUT2D eigenvalue weighted by Crippen LogP contribution is 2.32. The Hall–Kier alpha value is -3.55. The first-order valence-electron chi connectivity index (χ1n) is 17.1. The molecule has 242 valence electrons. The van der Waals surface area contributed by atoms with Crippen LogP contribution in [0.25, 0.3) is 17.1 Å². The number of hydrogen-bond acceptors (Lipinski definition) is 8. The van der Waals surface area contributed by atoms with Crippen LogP contribution < -0.4 is 21.1 Å². The molecule has 9 nitrogen and oxygen atoms in total. The summed E-state index contributed by atoms with van der Waals surface area (Å²) in [6.07, 6.45) is 14.3. The van der Waals surface area contributed by atoms with Crippen molar-refractivity contribution in [3.05, 3.63) is 46.3 Å². The van der Waals surface area contributed by atoms with Gasteiger partial charge in [-0.2, -0.15) is 9.98 Å². The van der Waals surface area contributed by atoms with Gasteiger partial charge in [0.2, 0.25) is 0 Å². The highest BCUT2D eigenvalue weighted by molar-refractivity contribution is 5.64. The van der Waals surface area contributed by atoms with Gasteiger partial charge in [-0.1, -0.05) is 52.9 Å². The van der Waals surface area contributed by atoms with E-state index in [0.717, 1.165) is 80.5 Å². The zero-order valence-electron chi connectivity index (χ0n) is 27.9. The largest absolute Gasteiger partial charge is 0.512 e. The van der Waals surface area contributed by atoms with Crippen molar-refractivity contribution in [1.82, 2.24) is 24.4 Å². The maximum absolute atomic E-state index is 12.2. The van der Waals surface area contributed by atoms with Crippen LogP contribution in [0.1, 0.15) is 97.1 Å². The Morgan fingerprint density at radius 3 is 2.44 bits per heavy atom. The number of fused-ring (bicyclic) bond motifs is 1. The first-order valence-corrected chi connectivity index (χ1v) is 17.1. The minimum atomic E-state index is 0.0942. The molecule has 0 aromatic carbocycles. The standard InChI is InChI=1S/C36H51N7O2/c1-6-7-10-28(14-13-25(2)3)23-41-17-19-42(20-18-41)30-15-16-33(37-21-30)39-36-38-22-31-26(4)34(27(5)45)32(24-44)43(35(31)40-36)29-11-8-9-12-29/h15-16,21-22,25,28-29,45H,6-14,17-20,23H2,1-5H3/b34-27+,39-36?. The smallest absolute Gasteiger partial charge is 0.253 e. The molecule has 1 saturated carbocycles. The molecule has 4 aliphatic rings. The molecule has 45 heavy (non-hydrogen) atoms. The Kier molecular flexibility index (Phi) is 11.1. The predicted octanol–water partition coefficient (Wildman–Crippen LogP) is 4.99. The zero-order valence-corrected chi connectivity index (χ0v) is 27.9. The Morgan fingerprint density at radius 1 is 1.07 bits per heavy atom. The fourth-order valence-corrected chi connectivity index (χ4v) is 7.14. The molecule has 1 aromatic heterocycles. The minimum absolute atomic E-state index is 0.0942. The van der Waals surface area contributed by atoms with Crippen molar-refractivity contribution < 1.29 is 9.90 Å². The van der Waals surface area contributed by atoms with E-state index in [1.165, 1.54) is 38.6 Å². The van der Waals surface area contributed by atoms with Gasteiger partial charge in [-0.25, -0.2) is 14.8 Å². The van der Waals surface area contributed by atoms with Crippen molar-refractivity contribution >= 4 is 23.2 Å². The number of hydrogen-bond donors (Lipinski definition) is 1. The summed E-state index contributed by atoms with van der Waals surface area (Å²) in [7, 11) is 0. The molecule has 9 heteroatoms. The van der Waals surface area contributed by atoms with Crippen LogP contribution in [0.3, 0.4) is 0 Å². The third-order valence-corrected chi connectivity index (χ3v) is 9.71. The van der Waals surface area contributed by atoms with E-state index in [0.29, 0.717) is 27.8 Å². The fourth-order valence-electron chi connectivity index (χ4n) is 7.14. The van der Waals surface area contributed by atoms with E-state index in [4.69, 9.17) is 4.98 Å². The van der Waals surface area contributed by atoms with Gasteiger partial charge in [-0.05, 0) is 69.1 Å². The molecule has 2 fully saturated rings. The molecular weight excluding hydrogens is 562 g/mol. The lowest BCUT2D eigenvalue weighted by Gasteiger charge is -2.37. The Morgan fingerprint density at radius 2 is 1.82 bits per heavy atom. The summed E-state index contributed by atoms with van der Waals surface area (Å²) < 4.78 is 1.95. The monoisotopic (exact) mass is 613 g/mol. The summed E-state index contributed by atoms with van der Waals surface area (Å²) in [6, 6.07) is 4.13. The normalized spacial score (nSPS) is 18.2. The lowest BCUT2D eigenvalue weighted by molar-refractivity contribution is 0.200. The fraction of sp³-hybridized carbons (Fsp3) is 0.611. The van der Waals surface area contributed by atoms with Gasteiger partial charge in [-0.3, -0.25) is 4.90 Å². The average molecular weight is 614 g/mol. The number of aliphatic hydroxyl groups excluding tert-OH is 1. The van der Waals surface area contributed by atoms with Gasteiger partial charge in [-0.15, -0.1) is 0 Å². The van der Waals surface area contributed by atoms with Crippen LogP contribution in [-0.2, 0) is 4.79 Å². The molecule has 0 spiro atoms. The summed E-state index contributed by atoms with van der Waals surface area (Å²) in [4.78, 5) is 36.0. The van der Waals surface area contributed by atoms with Gasteiger partial charge < -0.3 is 14.6 Å². The molecular formula is C36H51N7O2. The third-order valence-electron chi connectivity index (χ3n) is 9.71. The van der Waals surface area contributed by atoms with Gasteiger partial charge in [0.05, 0.1) is 22.9 Å². The summed E-state index contributed by atoms with van der Waals surface area (Å²) in [6.45, 7) is 15.8. The first-order chi connectivity index (χ1) is 21.8. The van der Waals surface area contributed by atoms with E-state index < -0.39 is 0 Å². The summed E-state index contributed by atoms with van der Waals surface area (Å²) in [5.41, 5.74) is 2.97. The molecule has 1 aromatic rings. The van der Waals surface area contributed by atoms with Crippen LogP contribution in [-0.4, -0.2) is 68.2 Å². The van der Waals surface area contributed by atoms with E-state index in [-0.39, 0.29) is 11.8 Å². The van der Waals surface area contributed by atoms with Crippen molar-refractivity contribution in [3.63, 3.8) is 0 Å². The molecule has 1 aliphatic carbocycles. The molecule has 1 atom stereocenters. The Balaban J connectivity index is 1.33. The molecule has 5 rings (SSSR count). The predicted molar refractivity (Wildman–Crippen MR) is 180 cm³/mol. The van der Waals surface area contributed by atoms with Gasteiger partial charge in [0, 0.05) is 50.5 Å². The lowest BCUT2D eigenvalue weighted by Crippen LogP contribution is -2.47. The first kappa shape index (κ1) is 32.8. The Bertz CT molecular complexity index is 1610. The number of rotatable bonds is 11. The molecule has 0 radical (unpaired) electrons. The van der Waals surface area contributed by atoms with E-state index >= 15 is 0 Å². The second-order valence-electron chi connectivity index (χ2n) is 13.5. The van der Waals surface area contributed by atoms with E-state index in [2.05, 4.69) is 57.5 Å². The molecule has 0 bridgehead atoms. The highest BCUT2D eigenvalue weighted by atomic mass is 16.3. The quantitative estimate of drug-likeness (QED) is 0.325. The topological polar surface area (TPSA) is 99.7 Å². The number of carbonyl (C=O) groups excluding carboxylic acids is 1. The maximum Gasteiger partial charge on any atom is 0.253 e. The SMILES string of the molecule is CCCCC(CCC(C)C)CN1CCN(c2ccc(N=c3ncc4c(C)/c(=C(/C)O)c(=C=O)n(C5CCCC5)c-4n3)nc2)CC1. The molecule has 0 amide bonds. The van der Waals surface area contributed by atoms with Crippen LogP contribution in [0, 0.1) is 18.8 Å². The van der Waals surface area contributed by atoms with Crippen molar-refractivity contribution in [2.45, 2.75) is 98.4 Å². The average Bonchev–Trinajstić information content (AvgIpc) is 3.57. The van der Waals surface area contributed by atoms with Crippen LogP contribution in [0.5, 0.6) is 0 Å². The zero-order chi connectivity index (χ0) is 31.9. The van der Waals surface area contributed by atoms with Crippen LogP contribution in [0.4, 0.5) is 11.5 Å². The molecule has 3 aliphatic heterocycles. The minimum Gasteiger partial charge on any atom is -0.512 e. The number of aromatic nitrogens is 4. The third kappa shape index (κ3) is 7.82. The number of nitrogens with zero attached hydrogens (tertiary/aromatic N) is 7. The lowest BCUT2D eigenvalue weighted by atomic mass is 9.92. The number of piperazine rings is 1. The van der Waals surface area contributed by atoms with E-state index in [1.807, 2.05) is 23.8 Å². The van der Waals surface area contributed by atoms with Gasteiger partial charge in [0.25, 0.3) is 5.62 Å². The number of anilines is 1. The Labute approximate surface area is 267 Å². The molecule has 1 unspecified atom stereocenters. The summed E-state index contributed by atoms with van der Waals surface area (Å²) in [5, 5.41) is 11.3. The molecule has 1 N–H and O–H groups in total. The van der Waals surface area contributed by atoms with Crippen LogP contribution in [0.15, 0.2) is 29.5 Å².